The molecule has 1 N–H and O–H groups in total. The zero-order valence-corrected chi connectivity index (χ0v) is 13.8. The third-order valence-electron chi connectivity index (χ3n) is 2.29. The van der Waals surface area contributed by atoms with Crippen molar-refractivity contribution in [2.45, 2.75) is 16.2 Å². The second-order valence-corrected chi connectivity index (χ2v) is 7.12. The number of nitro benzene ring substituents is 1. The highest BCUT2D eigenvalue weighted by Crippen LogP contribution is 2.36. The summed E-state index contributed by atoms with van der Waals surface area (Å²) in [4.78, 5) is 26.4. The first-order chi connectivity index (χ1) is 9.38. The molecule has 2 rings (SSSR count). The topological polar surface area (TPSA) is 93.3 Å². The molecular formula is C11H7IN2O4S2. The number of hydrogen-bond acceptors (Lipinski definition) is 6. The number of non-ortho nitro benzene ring substituents is 1. The van der Waals surface area contributed by atoms with Gasteiger partial charge in [-0.25, -0.2) is 9.78 Å². The lowest BCUT2D eigenvalue weighted by Crippen LogP contribution is -1.94. The molecule has 104 valence electrons. The Labute approximate surface area is 135 Å². The van der Waals surface area contributed by atoms with E-state index in [1.165, 1.54) is 23.9 Å². The van der Waals surface area contributed by atoms with Crippen LogP contribution in [0.5, 0.6) is 0 Å². The van der Waals surface area contributed by atoms with Crippen LogP contribution in [-0.2, 0) is 0 Å². The predicted octanol–water partition coefficient (Wildman–Crippen LogP) is 3.81. The SMILES string of the molecule is Cc1nc(Sc2ccc([N+](=O)[O-])cc2I)sc1C(=O)O. The number of rotatable bonds is 4. The Balaban J connectivity index is 2.28. The van der Waals surface area contributed by atoms with Crippen LogP contribution in [0.25, 0.3) is 0 Å². The van der Waals surface area contributed by atoms with E-state index in [2.05, 4.69) is 4.98 Å². The summed E-state index contributed by atoms with van der Waals surface area (Å²) in [7, 11) is 0. The maximum absolute atomic E-state index is 11.0. The lowest BCUT2D eigenvalue weighted by atomic mass is 10.3. The summed E-state index contributed by atoms with van der Waals surface area (Å²) in [5, 5.41) is 19.6. The van der Waals surface area contributed by atoms with Crippen molar-refractivity contribution in [2.24, 2.45) is 0 Å². The van der Waals surface area contributed by atoms with Crippen molar-refractivity contribution < 1.29 is 14.8 Å². The Morgan fingerprint density at radius 3 is 2.75 bits per heavy atom. The Bertz CT molecular complexity index is 702. The van der Waals surface area contributed by atoms with Crippen molar-refractivity contribution in [3.8, 4) is 0 Å². The Morgan fingerprint density at radius 2 is 2.25 bits per heavy atom. The summed E-state index contributed by atoms with van der Waals surface area (Å²) in [5.74, 6) is -0.995. The third-order valence-corrected chi connectivity index (χ3v) is 5.84. The van der Waals surface area contributed by atoms with Crippen LogP contribution in [0.3, 0.4) is 0 Å². The molecule has 2 aromatic rings. The van der Waals surface area contributed by atoms with Gasteiger partial charge in [-0.3, -0.25) is 10.1 Å². The number of aromatic carboxylic acids is 1. The highest BCUT2D eigenvalue weighted by Gasteiger charge is 2.16. The van der Waals surface area contributed by atoms with Crippen molar-refractivity contribution in [2.75, 3.05) is 0 Å². The van der Waals surface area contributed by atoms with Gasteiger partial charge in [0, 0.05) is 20.6 Å². The maximum Gasteiger partial charge on any atom is 0.347 e. The molecule has 0 bridgehead atoms. The smallest absolute Gasteiger partial charge is 0.347 e. The number of halogens is 1. The first kappa shape index (κ1) is 15.2. The highest BCUT2D eigenvalue weighted by molar-refractivity contribution is 14.1. The summed E-state index contributed by atoms with van der Waals surface area (Å²) < 4.78 is 1.33. The fraction of sp³-hybridized carbons (Fsp3) is 0.0909. The second kappa shape index (κ2) is 6.06. The Morgan fingerprint density at radius 1 is 1.55 bits per heavy atom. The normalized spacial score (nSPS) is 10.5. The first-order valence-corrected chi connectivity index (χ1v) is 7.92. The fourth-order valence-corrected chi connectivity index (χ4v) is 4.21. The van der Waals surface area contributed by atoms with Gasteiger partial charge in [-0.05, 0) is 35.6 Å². The number of carboxylic acid groups (broad SMARTS) is 1. The number of carboxylic acids is 1. The Hall–Kier alpha value is -1.20. The van der Waals surface area contributed by atoms with E-state index >= 15 is 0 Å². The van der Waals surface area contributed by atoms with Crippen molar-refractivity contribution >= 4 is 57.3 Å². The van der Waals surface area contributed by atoms with Gasteiger partial charge < -0.3 is 5.11 Å². The number of thiazole rings is 1. The number of nitrogens with zero attached hydrogens (tertiary/aromatic N) is 2. The minimum absolute atomic E-state index is 0.0281. The zero-order valence-electron chi connectivity index (χ0n) is 9.99. The van der Waals surface area contributed by atoms with E-state index in [1.807, 2.05) is 22.6 Å². The van der Waals surface area contributed by atoms with E-state index < -0.39 is 10.9 Å². The van der Waals surface area contributed by atoms with Crippen LogP contribution in [0.1, 0.15) is 15.4 Å². The van der Waals surface area contributed by atoms with Gasteiger partial charge in [0.15, 0.2) is 4.34 Å². The number of nitro groups is 1. The summed E-state index contributed by atoms with van der Waals surface area (Å²) in [6.45, 7) is 1.64. The lowest BCUT2D eigenvalue weighted by molar-refractivity contribution is -0.385. The molecule has 1 heterocycles. The van der Waals surface area contributed by atoms with Crippen LogP contribution < -0.4 is 0 Å². The Kier molecular flexibility index (Phi) is 4.60. The van der Waals surface area contributed by atoms with E-state index in [9.17, 15) is 14.9 Å². The molecule has 0 spiro atoms. The molecule has 0 amide bonds. The van der Waals surface area contributed by atoms with Crippen LogP contribution in [0, 0.1) is 20.6 Å². The number of carbonyl (C=O) groups is 1. The monoisotopic (exact) mass is 422 g/mol. The first-order valence-electron chi connectivity index (χ1n) is 5.21. The summed E-state index contributed by atoms with van der Waals surface area (Å²) in [6.07, 6.45) is 0. The summed E-state index contributed by atoms with van der Waals surface area (Å²) in [6, 6.07) is 4.53. The molecule has 6 nitrogen and oxygen atoms in total. The molecule has 0 atom stereocenters. The minimum atomic E-state index is -0.995. The average molecular weight is 422 g/mol. The largest absolute Gasteiger partial charge is 0.477 e. The van der Waals surface area contributed by atoms with Gasteiger partial charge in [0.25, 0.3) is 5.69 Å². The fourth-order valence-electron chi connectivity index (χ4n) is 1.39. The molecule has 0 aliphatic rings. The van der Waals surface area contributed by atoms with Gasteiger partial charge in [0.05, 0.1) is 10.6 Å². The molecule has 20 heavy (non-hydrogen) atoms. The quantitative estimate of drug-likeness (QED) is 0.458. The van der Waals surface area contributed by atoms with Crippen molar-refractivity contribution in [3.63, 3.8) is 0 Å². The molecule has 0 fully saturated rings. The number of aromatic nitrogens is 1. The van der Waals surface area contributed by atoms with Crippen LogP contribution in [0.15, 0.2) is 27.4 Å². The number of hydrogen-bond donors (Lipinski definition) is 1. The summed E-state index contributed by atoms with van der Waals surface area (Å²) in [5.41, 5.74) is 0.502. The van der Waals surface area contributed by atoms with E-state index in [-0.39, 0.29) is 10.6 Å². The predicted molar refractivity (Wildman–Crippen MR) is 83.7 cm³/mol. The van der Waals surface area contributed by atoms with Crippen molar-refractivity contribution in [3.05, 3.63) is 42.5 Å². The highest BCUT2D eigenvalue weighted by atomic mass is 127. The molecule has 0 aliphatic carbocycles. The van der Waals surface area contributed by atoms with Gasteiger partial charge in [-0.2, -0.15) is 0 Å². The van der Waals surface area contributed by atoms with E-state index in [4.69, 9.17) is 5.11 Å². The van der Waals surface area contributed by atoms with Crippen molar-refractivity contribution in [1.82, 2.24) is 4.98 Å². The number of aryl methyl sites for hydroxylation is 1. The lowest BCUT2D eigenvalue weighted by Gasteiger charge is -2.01. The van der Waals surface area contributed by atoms with Crippen LogP contribution in [0.2, 0.25) is 0 Å². The minimum Gasteiger partial charge on any atom is -0.477 e. The molecule has 0 saturated carbocycles. The van der Waals surface area contributed by atoms with Gasteiger partial charge in [0.1, 0.15) is 4.88 Å². The van der Waals surface area contributed by atoms with E-state index in [1.54, 1.807) is 13.0 Å². The summed E-state index contributed by atoms with van der Waals surface area (Å²) >= 11 is 4.41. The van der Waals surface area contributed by atoms with Gasteiger partial charge in [-0.15, -0.1) is 11.3 Å². The standard InChI is InChI=1S/C11H7IN2O4S2/c1-5-9(10(15)16)20-11(13-5)19-8-3-2-6(14(17)18)4-7(8)12/h2-4H,1H3,(H,15,16). The van der Waals surface area contributed by atoms with Gasteiger partial charge in [-0.1, -0.05) is 11.8 Å². The van der Waals surface area contributed by atoms with E-state index in [0.29, 0.717) is 10.0 Å². The van der Waals surface area contributed by atoms with Crippen LogP contribution >= 0.6 is 45.7 Å². The average Bonchev–Trinajstić information content (AvgIpc) is 2.73. The van der Waals surface area contributed by atoms with Crippen molar-refractivity contribution in [1.29, 1.82) is 0 Å². The molecule has 1 aromatic heterocycles. The zero-order chi connectivity index (χ0) is 14.9. The molecule has 0 unspecified atom stereocenters. The van der Waals surface area contributed by atoms with Gasteiger partial charge >= 0.3 is 5.97 Å². The molecule has 0 saturated heterocycles. The third kappa shape index (κ3) is 3.27. The number of benzene rings is 1. The molecular weight excluding hydrogens is 415 g/mol. The maximum atomic E-state index is 11.0. The second-order valence-electron chi connectivity index (χ2n) is 3.67. The van der Waals surface area contributed by atoms with Crippen LogP contribution in [-0.4, -0.2) is 21.0 Å². The van der Waals surface area contributed by atoms with Crippen LogP contribution in [0.4, 0.5) is 5.69 Å². The van der Waals surface area contributed by atoms with Gasteiger partial charge in [0.2, 0.25) is 0 Å². The van der Waals surface area contributed by atoms with E-state index in [0.717, 1.165) is 19.8 Å². The molecule has 9 heteroatoms. The molecule has 1 aromatic carbocycles. The molecule has 0 radical (unpaired) electrons. The molecule has 0 aliphatic heterocycles.